The van der Waals surface area contributed by atoms with E-state index >= 15 is 0 Å². The van der Waals surface area contributed by atoms with Crippen LogP contribution in [-0.2, 0) is 4.74 Å². The Morgan fingerprint density at radius 2 is 2.00 bits per heavy atom. The lowest BCUT2D eigenvalue weighted by atomic mass is 10.2. The first kappa shape index (κ1) is 6.67. The topological polar surface area (TPSA) is 32.8 Å². The van der Waals surface area contributed by atoms with E-state index < -0.39 is 31.7 Å². The lowest BCUT2D eigenvalue weighted by Gasteiger charge is -2.25. The van der Waals surface area contributed by atoms with Crippen LogP contribution in [0.2, 0.25) is 0 Å². The summed E-state index contributed by atoms with van der Waals surface area (Å²) >= 11 is 0. The smallest absolute Gasteiger partial charge is 0.410 e. The maximum Gasteiger partial charge on any atom is 0.410 e. The second-order valence-corrected chi connectivity index (χ2v) is 4.03. The SMILES string of the molecule is [2H]CN(C(=O)OC(C)(C)C)C([2H])([2H])C([2H])([2H])N(C)C. The minimum absolute atomic E-state index is 0.429. The highest BCUT2D eigenvalue weighted by Crippen LogP contribution is 2.08. The zero-order valence-corrected chi connectivity index (χ0v) is 9.42. The number of carbonyl (C=O) groups is 1. The summed E-state index contributed by atoms with van der Waals surface area (Å²) in [4.78, 5) is 13.3. The van der Waals surface area contributed by atoms with Crippen molar-refractivity contribution in [2.75, 3.05) is 34.1 Å². The average Bonchev–Trinajstić information content (AvgIpc) is 2.14. The highest BCUT2D eigenvalue weighted by molar-refractivity contribution is 5.67. The van der Waals surface area contributed by atoms with Gasteiger partial charge in [0, 0.05) is 24.1 Å². The third kappa shape index (κ3) is 6.71. The molecular weight excluding hydrogens is 180 g/mol. The summed E-state index contributed by atoms with van der Waals surface area (Å²) in [6, 6.07) is 0. The molecule has 0 spiro atoms. The Bertz CT molecular complexity index is 328. The highest BCUT2D eigenvalue weighted by Gasteiger charge is 2.19. The van der Waals surface area contributed by atoms with Crippen LogP contribution in [0.4, 0.5) is 4.79 Å². The molecule has 0 aromatic carbocycles. The molecule has 0 rings (SSSR count). The highest BCUT2D eigenvalue weighted by atomic mass is 16.6. The van der Waals surface area contributed by atoms with Gasteiger partial charge < -0.3 is 14.5 Å². The molecule has 0 unspecified atom stereocenters. The average molecular weight is 207 g/mol. The zero-order chi connectivity index (χ0) is 15.6. The van der Waals surface area contributed by atoms with E-state index in [0.29, 0.717) is 4.90 Å². The predicted octanol–water partition coefficient (Wildman–Crippen LogP) is 1.41. The van der Waals surface area contributed by atoms with Crippen molar-refractivity contribution in [1.29, 1.82) is 0 Å². The molecule has 0 aliphatic carbocycles. The van der Waals surface area contributed by atoms with Gasteiger partial charge >= 0.3 is 6.09 Å². The molecule has 4 heteroatoms. The van der Waals surface area contributed by atoms with Crippen molar-refractivity contribution in [3.8, 4) is 0 Å². The van der Waals surface area contributed by atoms with Gasteiger partial charge in [-0.2, -0.15) is 0 Å². The summed E-state index contributed by atoms with van der Waals surface area (Å²) in [5, 5.41) is 0. The molecule has 0 atom stereocenters. The first-order chi connectivity index (χ1) is 8.27. The second kappa shape index (κ2) is 5.20. The standard InChI is InChI=1S/C10H22N2O2/c1-10(2,3)14-9(13)12(6)8-7-11(4)5/h7-8H2,1-6H3/i6D,7D2,8D2. The molecule has 0 bridgehead atoms. The van der Waals surface area contributed by atoms with Crippen molar-refractivity contribution < 1.29 is 16.4 Å². The van der Waals surface area contributed by atoms with Crippen molar-refractivity contribution in [2.24, 2.45) is 0 Å². The third-order valence-corrected chi connectivity index (χ3v) is 1.02. The first-order valence-corrected chi connectivity index (χ1v) is 4.24. The van der Waals surface area contributed by atoms with E-state index in [-0.39, 0.29) is 0 Å². The molecule has 0 heterocycles. The van der Waals surface area contributed by atoms with Gasteiger partial charge in [-0.1, -0.05) is 0 Å². The second-order valence-electron chi connectivity index (χ2n) is 4.03. The largest absolute Gasteiger partial charge is 0.444 e. The Balaban J connectivity index is 5.30. The molecule has 84 valence electrons. The molecule has 0 radical (unpaired) electrons. The van der Waals surface area contributed by atoms with E-state index in [9.17, 15) is 4.79 Å². The van der Waals surface area contributed by atoms with E-state index in [1.807, 2.05) is 0 Å². The summed E-state index contributed by atoms with van der Waals surface area (Å²) < 4.78 is 43.3. The van der Waals surface area contributed by atoms with Crippen LogP contribution in [0.5, 0.6) is 0 Å². The number of rotatable bonds is 3. The van der Waals surface area contributed by atoms with Crippen LogP contribution in [-0.4, -0.2) is 55.6 Å². The van der Waals surface area contributed by atoms with Gasteiger partial charge in [0.25, 0.3) is 0 Å². The molecule has 0 aromatic rings. The molecule has 4 nitrogen and oxygen atoms in total. The maximum atomic E-state index is 11.9. The van der Waals surface area contributed by atoms with Crippen LogP contribution in [0.15, 0.2) is 0 Å². The van der Waals surface area contributed by atoms with Gasteiger partial charge in [0.05, 0.1) is 2.74 Å². The quantitative estimate of drug-likeness (QED) is 0.701. The van der Waals surface area contributed by atoms with Crippen molar-refractivity contribution in [3.63, 3.8) is 0 Å². The van der Waals surface area contributed by atoms with Gasteiger partial charge in [0.2, 0.25) is 0 Å². The van der Waals surface area contributed by atoms with Gasteiger partial charge in [-0.05, 0) is 34.9 Å². The Morgan fingerprint density at radius 3 is 2.36 bits per heavy atom. The number of carbonyl (C=O) groups excluding carboxylic acids is 1. The monoisotopic (exact) mass is 207 g/mol. The lowest BCUT2D eigenvalue weighted by molar-refractivity contribution is 0.0290. The van der Waals surface area contributed by atoms with Crippen molar-refractivity contribution in [1.82, 2.24) is 9.80 Å². The van der Waals surface area contributed by atoms with E-state index in [2.05, 4.69) is 0 Å². The molecule has 0 aromatic heterocycles. The number of hydrogen-bond donors (Lipinski definition) is 0. The number of ether oxygens (including phenoxy) is 1. The summed E-state index contributed by atoms with van der Waals surface area (Å²) in [6.07, 6.45) is -1.06. The number of nitrogens with zero attached hydrogens (tertiary/aromatic N) is 2. The molecule has 0 aliphatic rings. The van der Waals surface area contributed by atoms with Crippen LogP contribution in [0.25, 0.3) is 0 Å². The number of hydrogen-bond acceptors (Lipinski definition) is 3. The molecule has 0 N–H and O–H groups in total. The Kier molecular flexibility index (Phi) is 2.47. The van der Waals surface area contributed by atoms with Crippen molar-refractivity contribution in [3.05, 3.63) is 0 Å². The van der Waals surface area contributed by atoms with Gasteiger partial charge in [-0.15, -0.1) is 0 Å². The van der Waals surface area contributed by atoms with Crippen LogP contribution in [0, 0.1) is 0 Å². The summed E-state index contributed by atoms with van der Waals surface area (Å²) in [5.41, 5.74) is -0.842. The zero-order valence-electron chi connectivity index (χ0n) is 14.4. The van der Waals surface area contributed by atoms with Crippen molar-refractivity contribution in [2.45, 2.75) is 26.4 Å². The number of amides is 1. The Hall–Kier alpha value is -0.770. The molecule has 14 heavy (non-hydrogen) atoms. The summed E-state index contributed by atoms with van der Waals surface area (Å²) in [5.74, 6) is 0. The molecular formula is C10H22N2O2. The maximum absolute atomic E-state index is 11.9. The minimum atomic E-state index is -2.69. The van der Waals surface area contributed by atoms with Gasteiger partial charge in [-0.25, -0.2) is 4.79 Å². The summed E-state index contributed by atoms with van der Waals surface area (Å²) in [6.45, 7) is -0.304. The van der Waals surface area contributed by atoms with Gasteiger partial charge in [0.1, 0.15) is 5.60 Å². The minimum Gasteiger partial charge on any atom is -0.444 e. The van der Waals surface area contributed by atoms with Gasteiger partial charge in [0.15, 0.2) is 0 Å². The van der Waals surface area contributed by atoms with E-state index in [1.165, 1.54) is 14.1 Å². The van der Waals surface area contributed by atoms with Crippen LogP contribution in [0.3, 0.4) is 0 Å². The fourth-order valence-electron chi connectivity index (χ4n) is 0.523. The molecule has 0 saturated carbocycles. The molecule has 1 amide bonds. The van der Waals surface area contributed by atoms with E-state index in [0.717, 1.165) is 4.90 Å². The van der Waals surface area contributed by atoms with E-state index in [4.69, 9.17) is 11.6 Å². The predicted molar refractivity (Wildman–Crippen MR) is 57.4 cm³/mol. The molecule has 0 aliphatic heterocycles. The van der Waals surface area contributed by atoms with Gasteiger partial charge in [-0.3, -0.25) is 0 Å². The molecule has 0 saturated heterocycles. The number of likely N-dealkylation sites (N-methyl/N-ethyl adjacent to an activating group) is 2. The van der Waals surface area contributed by atoms with Crippen LogP contribution >= 0.6 is 0 Å². The van der Waals surface area contributed by atoms with E-state index in [1.54, 1.807) is 20.8 Å². The molecule has 0 fully saturated rings. The first-order valence-electron chi connectivity index (χ1n) is 6.95. The van der Waals surface area contributed by atoms with Crippen molar-refractivity contribution >= 4 is 6.09 Å². The normalized spacial score (nSPS) is 18.9. The van der Waals surface area contributed by atoms with Crippen LogP contribution in [0.1, 0.15) is 27.6 Å². The summed E-state index contributed by atoms with van der Waals surface area (Å²) in [7, 11) is 1.97. The van der Waals surface area contributed by atoms with Crippen LogP contribution < -0.4 is 0 Å². The Labute approximate surface area is 93.8 Å². The lowest BCUT2D eigenvalue weighted by Crippen LogP contribution is -2.37. The fraction of sp³-hybridized carbons (Fsp3) is 0.900. The Morgan fingerprint density at radius 1 is 1.43 bits per heavy atom. The fourth-order valence-corrected chi connectivity index (χ4v) is 0.523. The third-order valence-electron chi connectivity index (χ3n) is 1.02.